The number of hydrogen-bond donors (Lipinski definition) is 2. The highest BCUT2D eigenvalue weighted by Gasteiger charge is 2.16. The van der Waals surface area contributed by atoms with Gasteiger partial charge in [0.25, 0.3) is 0 Å². The lowest BCUT2D eigenvalue weighted by Crippen LogP contribution is -2.29. The summed E-state index contributed by atoms with van der Waals surface area (Å²) in [5.41, 5.74) is 4.69. The van der Waals surface area contributed by atoms with Gasteiger partial charge in [-0.15, -0.1) is 0 Å². The van der Waals surface area contributed by atoms with Crippen molar-refractivity contribution in [2.24, 2.45) is 5.84 Å². The van der Waals surface area contributed by atoms with Gasteiger partial charge in [0.05, 0.1) is 6.04 Å². The summed E-state index contributed by atoms with van der Waals surface area (Å²) in [6.07, 6.45) is 0.602. The third-order valence-corrected chi connectivity index (χ3v) is 4.76. The summed E-state index contributed by atoms with van der Waals surface area (Å²) in [6, 6.07) is 4.33. The first-order valence-electron chi connectivity index (χ1n) is 5.23. The third-order valence-electron chi connectivity index (χ3n) is 2.66. The van der Waals surface area contributed by atoms with E-state index in [1.54, 1.807) is 17.4 Å². The molecule has 0 fully saturated rings. The zero-order valence-electron chi connectivity index (χ0n) is 9.29. The Morgan fingerprint density at radius 2 is 2.22 bits per heavy atom. The first-order chi connectivity index (χ1) is 8.61. The zero-order chi connectivity index (χ0) is 13.1. The summed E-state index contributed by atoms with van der Waals surface area (Å²) in [5.74, 6) is 5.24. The molecule has 0 aliphatic carbocycles. The minimum Gasteiger partial charge on any atom is -0.271 e. The number of halogens is 3. The normalized spacial score (nSPS) is 12.7. The standard InChI is InChI=1S/C12H11BrClFN2S/c13-10-6-18-5-9(10)12(17-16)3-7-1-2-8(15)4-11(7)14/h1-2,4-6,12,17H,3,16H2. The van der Waals surface area contributed by atoms with E-state index in [1.165, 1.54) is 12.1 Å². The topological polar surface area (TPSA) is 38.0 Å². The minimum atomic E-state index is -0.335. The van der Waals surface area contributed by atoms with Gasteiger partial charge in [0.2, 0.25) is 0 Å². The SMILES string of the molecule is NNC(Cc1ccc(F)cc1Cl)c1cscc1Br. The molecule has 0 saturated carbocycles. The lowest BCUT2D eigenvalue weighted by molar-refractivity contribution is 0.550. The molecular weight excluding hydrogens is 339 g/mol. The molecule has 0 saturated heterocycles. The maximum atomic E-state index is 13.0. The van der Waals surface area contributed by atoms with E-state index < -0.39 is 0 Å². The van der Waals surface area contributed by atoms with Crippen LogP contribution in [0.2, 0.25) is 5.02 Å². The van der Waals surface area contributed by atoms with Crippen molar-refractivity contribution < 1.29 is 4.39 Å². The molecule has 18 heavy (non-hydrogen) atoms. The Kier molecular flexibility index (Phi) is 4.75. The van der Waals surface area contributed by atoms with Crippen LogP contribution in [0.1, 0.15) is 17.2 Å². The lowest BCUT2D eigenvalue weighted by atomic mass is 10.0. The highest BCUT2D eigenvalue weighted by molar-refractivity contribution is 9.10. The molecule has 1 aromatic carbocycles. The van der Waals surface area contributed by atoms with Crippen LogP contribution in [0, 0.1) is 5.82 Å². The molecule has 1 unspecified atom stereocenters. The van der Waals surface area contributed by atoms with Gasteiger partial charge in [-0.2, -0.15) is 11.3 Å². The molecule has 1 heterocycles. The van der Waals surface area contributed by atoms with E-state index in [4.69, 9.17) is 17.4 Å². The molecule has 0 amide bonds. The van der Waals surface area contributed by atoms with Crippen molar-refractivity contribution in [3.8, 4) is 0 Å². The fraction of sp³-hybridized carbons (Fsp3) is 0.167. The van der Waals surface area contributed by atoms with Crippen molar-refractivity contribution in [3.63, 3.8) is 0 Å². The average molecular weight is 350 g/mol. The fourth-order valence-corrected chi connectivity index (χ4v) is 3.58. The molecule has 6 heteroatoms. The molecule has 2 aromatic rings. The van der Waals surface area contributed by atoms with Crippen LogP contribution in [0.15, 0.2) is 33.4 Å². The Morgan fingerprint density at radius 1 is 1.44 bits per heavy atom. The highest BCUT2D eigenvalue weighted by Crippen LogP contribution is 2.30. The molecule has 0 aliphatic rings. The van der Waals surface area contributed by atoms with E-state index in [1.807, 2.05) is 10.8 Å². The summed E-state index contributed by atoms with van der Waals surface area (Å²) in [4.78, 5) is 0. The van der Waals surface area contributed by atoms with Crippen LogP contribution in [0.3, 0.4) is 0 Å². The summed E-state index contributed by atoms with van der Waals surface area (Å²) in [5, 5.41) is 4.43. The minimum absolute atomic E-state index is 0.0615. The predicted octanol–water partition coefficient (Wildman–Crippen LogP) is 4.05. The Bertz CT molecular complexity index is 547. The molecule has 2 nitrogen and oxygen atoms in total. The van der Waals surface area contributed by atoms with Crippen LogP contribution in [0.25, 0.3) is 0 Å². The zero-order valence-corrected chi connectivity index (χ0v) is 12.4. The van der Waals surface area contributed by atoms with Crippen LogP contribution >= 0.6 is 38.9 Å². The van der Waals surface area contributed by atoms with Gasteiger partial charge in [0, 0.05) is 14.9 Å². The second-order valence-corrected chi connectivity index (χ2v) is 5.84. The van der Waals surface area contributed by atoms with Crippen LogP contribution in [0.5, 0.6) is 0 Å². The van der Waals surface area contributed by atoms with Gasteiger partial charge >= 0.3 is 0 Å². The van der Waals surface area contributed by atoms with E-state index in [9.17, 15) is 4.39 Å². The van der Waals surface area contributed by atoms with E-state index >= 15 is 0 Å². The lowest BCUT2D eigenvalue weighted by Gasteiger charge is -2.16. The molecule has 0 aliphatic heterocycles. The fourth-order valence-electron chi connectivity index (χ4n) is 1.71. The van der Waals surface area contributed by atoms with E-state index in [0.29, 0.717) is 11.4 Å². The second-order valence-electron chi connectivity index (χ2n) is 3.83. The highest BCUT2D eigenvalue weighted by atomic mass is 79.9. The maximum Gasteiger partial charge on any atom is 0.124 e. The van der Waals surface area contributed by atoms with Gasteiger partial charge < -0.3 is 0 Å². The summed E-state index contributed by atoms with van der Waals surface area (Å²) < 4.78 is 14.0. The molecule has 0 radical (unpaired) electrons. The number of hydrazine groups is 1. The number of hydrogen-bond acceptors (Lipinski definition) is 3. The quantitative estimate of drug-likeness (QED) is 0.645. The molecule has 1 atom stereocenters. The number of nitrogens with two attached hydrogens (primary N) is 1. The van der Waals surface area contributed by atoms with Crippen molar-refractivity contribution in [2.45, 2.75) is 12.5 Å². The average Bonchev–Trinajstić information content (AvgIpc) is 2.75. The summed E-state index contributed by atoms with van der Waals surface area (Å²) in [6.45, 7) is 0. The summed E-state index contributed by atoms with van der Waals surface area (Å²) >= 11 is 11.1. The number of benzene rings is 1. The molecule has 1 aromatic heterocycles. The van der Waals surface area contributed by atoms with E-state index in [2.05, 4.69) is 21.4 Å². The Labute approximate surface area is 122 Å². The van der Waals surface area contributed by atoms with Gasteiger partial charge in [0.1, 0.15) is 5.82 Å². The number of thiophene rings is 1. The predicted molar refractivity (Wildman–Crippen MR) is 77.2 cm³/mol. The Balaban J connectivity index is 2.23. The van der Waals surface area contributed by atoms with Crippen molar-refractivity contribution >= 4 is 38.9 Å². The van der Waals surface area contributed by atoms with Crippen molar-refractivity contribution in [2.75, 3.05) is 0 Å². The van der Waals surface area contributed by atoms with Crippen LogP contribution in [-0.4, -0.2) is 0 Å². The third kappa shape index (κ3) is 3.10. The van der Waals surface area contributed by atoms with Gasteiger partial charge in [-0.25, -0.2) is 4.39 Å². The van der Waals surface area contributed by atoms with Crippen molar-refractivity contribution in [3.05, 3.63) is 55.4 Å². The van der Waals surface area contributed by atoms with Gasteiger partial charge in [-0.3, -0.25) is 11.3 Å². The van der Waals surface area contributed by atoms with E-state index in [0.717, 1.165) is 15.6 Å². The van der Waals surface area contributed by atoms with Crippen LogP contribution < -0.4 is 11.3 Å². The molecule has 3 N–H and O–H groups in total. The van der Waals surface area contributed by atoms with Crippen molar-refractivity contribution in [1.82, 2.24) is 5.43 Å². The van der Waals surface area contributed by atoms with Gasteiger partial charge in [-0.05, 0) is 51.0 Å². The number of rotatable bonds is 4. The largest absolute Gasteiger partial charge is 0.271 e. The van der Waals surface area contributed by atoms with E-state index in [-0.39, 0.29) is 11.9 Å². The van der Waals surface area contributed by atoms with Gasteiger partial charge in [-0.1, -0.05) is 17.7 Å². The molecule has 96 valence electrons. The first kappa shape index (κ1) is 14.0. The van der Waals surface area contributed by atoms with Crippen LogP contribution in [-0.2, 0) is 6.42 Å². The monoisotopic (exact) mass is 348 g/mol. The maximum absolute atomic E-state index is 13.0. The first-order valence-corrected chi connectivity index (χ1v) is 7.35. The number of nitrogens with one attached hydrogen (secondary N) is 1. The Morgan fingerprint density at radius 3 is 2.78 bits per heavy atom. The van der Waals surface area contributed by atoms with Gasteiger partial charge in [0.15, 0.2) is 0 Å². The smallest absolute Gasteiger partial charge is 0.124 e. The second kappa shape index (κ2) is 6.12. The molecule has 0 spiro atoms. The van der Waals surface area contributed by atoms with Crippen LogP contribution in [0.4, 0.5) is 4.39 Å². The Hall–Kier alpha value is -0.460. The van der Waals surface area contributed by atoms with Crippen molar-refractivity contribution in [1.29, 1.82) is 0 Å². The molecule has 0 bridgehead atoms. The molecule has 2 rings (SSSR count). The summed E-state index contributed by atoms with van der Waals surface area (Å²) in [7, 11) is 0. The molecular formula is C12H11BrClFN2S.